The first-order valence-corrected chi connectivity index (χ1v) is 4.47. The molecule has 0 saturated heterocycles. The molecule has 0 saturated carbocycles. The van der Waals surface area contributed by atoms with Gasteiger partial charge in [0.25, 0.3) is 0 Å². The Morgan fingerprint density at radius 3 is 2.33 bits per heavy atom. The first-order valence-electron chi connectivity index (χ1n) is 3.71. The van der Waals surface area contributed by atoms with Crippen molar-refractivity contribution in [2.75, 3.05) is 0 Å². The normalized spacial score (nSPS) is 13.0. The topological polar surface area (TPSA) is 38.9 Å². The lowest BCUT2D eigenvalue weighted by Crippen LogP contribution is -2.10. The Labute approximate surface area is 81.7 Å². The Hall–Kier alpha value is -0.310. The van der Waals surface area contributed by atoms with Crippen molar-refractivity contribution in [3.05, 3.63) is 28.0 Å². The number of aromatic nitrogens is 1. The molecule has 0 aromatic carbocycles. The van der Waals surface area contributed by atoms with E-state index < -0.39 is 0 Å². The zero-order chi connectivity index (χ0) is 9.14. The van der Waals surface area contributed by atoms with Crippen molar-refractivity contribution in [2.45, 2.75) is 19.4 Å². The predicted molar refractivity (Wildman–Crippen MR) is 51.5 cm³/mol. The molecular weight excluding hydrogens is 195 g/mol. The Bertz CT molecular complexity index is 256. The largest absolute Gasteiger partial charge is 0.324 e. The molecule has 4 heteroatoms. The molecule has 0 spiro atoms. The van der Waals surface area contributed by atoms with Crippen LogP contribution in [-0.2, 0) is 0 Å². The van der Waals surface area contributed by atoms with Crippen molar-refractivity contribution in [3.63, 3.8) is 0 Å². The second-order valence-corrected chi connectivity index (χ2v) is 3.35. The number of pyridine rings is 1. The molecule has 0 unspecified atom stereocenters. The van der Waals surface area contributed by atoms with Crippen LogP contribution in [0.2, 0.25) is 10.0 Å². The van der Waals surface area contributed by atoms with E-state index in [1.807, 2.05) is 6.92 Å². The van der Waals surface area contributed by atoms with Crippen molar-refractivity contribution >= 4 is 23.2 Å². The van der Waals surface area contributed by atoms with E-state index in [9.17, 15) is 0 Å². The van der Waals surface area contributed by atoms with Crippen LogP contribution in [0, 0.1) is 0 Å². The molecule has 1 atom stereocenters. The fourth-order valence-corrected chi connectivity index (χ4v) is 1.62. The molecule has 2 nitrogen and oxygen atoms in total. The summed E-state index contributed by atoms with van der Waals surface area (Å²) in [5.74, 6) is 0. The average molecular weight is 205 g/mol. The van der Waals surface area contributed by atoms with Gasteiger partial charge in [-0.2, -0.15) is 0 Å². The van der Waals surface area contributed by atoms with E-state index in [4.69, 9.17) is 28.9 Å². The Kier molecular flexibility index (Phi) is 3.32. The first kappa shape index (κ1) is 9.78. The van der Waals surface area contributed by atoms with Crippen LogP contribution in [0.4, 0.5) is 0 Å². The van der Waals surface area contributed by atoms with E-state index in [1.54, 1.807) is 12.4 Å². The van der Waals surface area contributed by atoms with Gasteiger partial charge in [-0.25, -0.2) is 0 Å². The highest BCUT2D eigenvalue weighted by Gasteiger charge is 2.12. The van der Waals surface area contributed by atoms with Crippen LogP contribution in [0.1, 0.15) is 24.9 Å². The van der Waals surface area contributed by atoms with Crippen LogP contribution in [0.5, 0.6) is 0 Å². The molecule has 0 bridgehead atoms. The van der Waals surface area contributed by atoms with Gasteiger partial charge < -0.3 is 5.73 Å². The van der Waals surface area contributed by atoms with Gasteiger partial charge in [-0.05, 0) is 6.42 Å². The zero-order valence-corrected chi connectivity index (χ0v) is 8.23. The molecule has 66 valence electrons. The third-order valence-corrected chi connectivity index (χ3v) is 2.30. The third-order valence-electron chi connectivity index (χ3n) is 1.70. The molecular formula is C8H10Cl2N2. The first-order chi connectivity index (χ1) is 5.66. The van der Waals surface area contributed by atoms with Gasteiger partial charge in [0.05, 0.1) is 10.0 Å². The Morgan fingerprint density at radius 1 is 1.42 bits per heavy atom. The van der Waals surface area contributed by atoms with Crippen molar-refractivity contribution in [2.24, 2.45) is 5.73 Å². The fourth-order valence-electron chi connectivity index (χ4n) is 0.980. The van der Waals surface area contributed by atoms with Gasteiger partial charge in [-0.15, -0.1) is 0 Å². The minimum Gasteiger partial charge on any atom is -0.324 e. The number of nitrogens with zero attached hydrogens (tertiary/aromatic N) is 1. The van der Waals surface area contributed by atoms with E-state index in [0.29, 0.717) is 10.0 Å². The van der Waals surface area contributed by atoms with Crippen LogP contribution in [0.25, 0.3) is 0 Å². The van der Waals surface area contributed by atoms with E-state index >= 15 is 0 Å². The molecule has 1 rings (SSSR count). The molecule has 0 aliphatic carbocycles. The summed E-state index contributed by atoms with van der Waals surface area (Å²) in [5, 5.41) is 1.08. The van der Waals surface area contributed by atoms with Crippen LogP contribution < -0.4 is 5.73 Å². The van der Waals surface area contributed by atoms with Gasteiger partial charge in [0.2, 0.25) is 0 Å². The highest BCUT2D eigenvalue weighted by molar-refractivity contribution is 6.35. The lowest BCUT2D eigenvalue weighted by atomic mass is 10.1. The van der Waals surface area contributed by atoms with E-state index in [0.717, 1.165) is 12.0 Å². The maximum Gasteiger partial charge on any atom is 0.0651 e. The molecule has 1 aromatic rings. The standard InChI is InChI=1S/C8H10Cl2N2/c1-2-7(11)8-5(9)3-12-4-6(8)10/h3-4,7H,2,11H2,1H3/t7-/m0/s1. The number of hydrogen-bond acceptors (Lipinski definition) is 2. The van der Waals surface area contributed by atoms with Crippen molar-refractivity contribution in [1.29, 1.82) is 0 Å². The average Bonchev–Trinajstić information content (AvgIpc) is 2.03. The lowest BCUT2D eigenvalue weighted by molar-refractivity contribution is 0.698. The summed E-state index contributed by atoms with van der Waals surface area (Å²) in [6.07, 6.45) is 3.92. The lowest BCUT2D eigenvalue weighted by Gasteiger charge is -2.11. The SMILES string of the molecule is CC[C@H](N)c1c(Cl)cncc1Cl. The van der Waals surface area contributed by atoms with Crippen LogP contribution in [0.15, 0.2) is 12.4 Å². The molecule has 12 heavy (non-hydrogen) atoms. The molecule has 0 fully saturated rings. The highest BCUT2D eigenvalue weighted by Crippen LogP contribution is 2.29. The molecule has 0 aliphatic rings. The van der Waals surface area contributed by atoms with Crippen molar-refractivity contribution in [3.8, 4) is 0 Å². The minimum atomic E-state index is -0.104. The summed E-state index contributed by atoms with van der Waals surface area (Å²) in [6.45, 7) is 1.98. The second kappa shape index (κ2) is 4.08. The smallest absolute Gasteiger partial charge is 0.0651 e. The molecule has 0 radical (unpaired) electrons. The predicted octanol–water partition coefficient (Wildman–Crippen LogP) is 2.80. The van der Waals surface area contributed by atoms with E-state index in [2.05, 4.69) is 4.98 Å². The number of hydrogen-bond donors (Lipinski definition) is 1. The van der Waals surface area contributed by atoms with E-state index in [-0.39, 0.29) is 6.04 Å². The molecule has 2 N–H and O–H groups in total. The van der Waals surface area contributed by atoms with Gasteiger partial charge in [0.1, 0.15) is 0 Å². The number of rotatable bonds is 2. The van der Waals surface area contributed by atoms with Crippen molar-refractivity contribution in [1.82, 2.24) is 4.98 Å². The summed E-state index contributed by atoms with van der Waals surface area (Å²) >= 11 is 11.8. The molecule has 1 heterocycles. The number of halogens is 2. The quantitative estimate of drug-likeness (QED) is 0.806. The number of nitrogens with two attached hydrogens (primary N) is 1. The minimum absolute atomic E-state index is 0.104. The fraction of sp³-hybridized carbons (Fsp3) is 0.375. The molecule has 0 aliphatic heterocycles. The summed E-state index contributed by atoms with van der Waals surface area (Å²) in [7, 11) is 0. The Balaban J connectivity index is 3.12. The highest BCUT2D eigenvalue weighted by atomic mass is 35.5. The summed E-state index contributed by atoms with van der Waals surface area (Å²) in [5.41, 5.74) is 6.59. The monoisotopic (exact) mass is 204 g/mol. The van der Waals surface area contributed by atoms with Gasteiger partial charge in [-0.3, -0.25) is 4.98 Å². The van der Waals surface area contributed by atoms with Gasteiger partial charge >= 0.3 is 0 Å². The zero-order valence-electron chi connectivity index (χ0n) is 6.72. The van der Waals surface area contributed by atoms with Crippen LogP contribution in [0.3, 0.4) is 0 Å². The van der Waals surface area contributed by atoms with Gasteiger partial charge in [0.15, 0.2) is 0 Å². The van der Waals surface area contributed by atoms with Gasteiger partial charge in [0, 0.05) is 24.0 Å². The van der Waals surface area contributed by atoms with E-state index in [1.165, 1.54) is 0 Å². The summed E-state index contributed by atoms with van der Waals surface area (Å²) < 4.78 is 0. The Morgan fingerprint density at radius 2 is 1.92 bits per heavy atom. The van der Waals surface area contributed by atoms with Crippen LogP contribution >= 0.6 is 23.2 Å². The summed E-state index contributed by atoms with van der Waals surface area (Å²) in [4.78, 5) is 3.84. The third kappa shape index (κ3) is 1.89. The maximum atomic E-state index is 5.88. The molecule has 0 amide bonds. The van der Waals surface area contributed by atoms with Crippen molar-refractivity contribution < 1.29 is 0 Å². The van der Waals surface area contributed by atoms with Crippen LogP contribution in [-0.4, -0.2) is 4.98 Å². The van der Waals surface area contributed by atoms with Gasteiger partial charge in [-0.1, -0.05) is 30.1 Å². The molecule has 1 aromatic heterocycles. The maximum absolute atomic E-state index is 5.88. The summed E-state index contributed by atoms with van der Waals surface area (Å²) in [6, 6.07) is -0.104. The second-order valence-electron chi connectivity index (χ2n) is 2.53.